The Bertz CT molecular complexity index is 554. The Labute approximate surface area is 120 Å². The fourth-order valence-electron chi connectivity index (χ4n) is 2.62. The first-order chi connectivity index (χ1) is 9.47. The van der Waals surface area contributed by atoms with Crippen molar-refractivity contribution in [3.63, 3.8) is 0 Å². The van der Waals surface area contributed by atoms with E-state index in [-0.39, 0.29) is 11.7 Å². The van der Waals surface area contributed by atoms with Crippen LogP contribution in [0.15, 0.2) is 30.3 Å². The lowest BCUT2D eigenvalue weighted by Crippen LogP contribution is -2.41. The van der Waals surface area contributed by atoms with Gasteiger partial charge in [0.2, 0.25) is 10.0 Å². The molecule has 0 bridgehead atoms. The van der Waals surface area contributed by atoms with Crippen LogP contribution < -0.4 is 0 Å². The molecule has 1 aliphatic rings. The second-order valence-corrected chi connectivity index (χ2v) is 7.39. The molecule has 0 aromatic heterocycles. The predicted molar refractivity (Wildman–Crippen MR) is 78.9 cm³/mol. The Morgan fingerprint density at radius 3 is 2.65 bits per heavy atom. The lowest BCUT2D eigenvalue weighted by Gasteiger charge is -2.30. The highest BCUT2D eigenvalue weighted by molar-refractivity contribution is 7.88. The number of carbonyl (C=O) groups is 1. The number of ketones is 1. The molecule has 1 heterocycles. The lowest BCUT2D eigenvalue weighted by molar-refractivity contribution is -0.123. The summed E-state index contributed by atoms with van der Waals surface area (Å²) in [7, 11) is -3.18. The number of carbonyl (C=O) groups excluding carboxylic acids is 1. The third-order valence-electron chi connectivity index (χ3n) is 3.81. The van der Waals surface area contributed by atoms with Crippen LogP contribution in [0.1, 0.15) is 24.8 Å². The summed E-state index contributed by atoms with van der Waals surface area (Å²) in [6.07, 6.45) is 4.01. The van der Waals surface area contributed by atoms with Crippen molar-refractivity contribution in [1.82, 2.24) is 4.31 Å². The minimum atomic E-state index is -3.18. The molecule has 20 heavy (non-hydrogen) atoms. The molecule has 0 spiro atoms. The van der Waals surface area contributed by atoms with Crippen LogP contribution in [0.2, 0.25) is 0 Å². The quantitative estimate of drug-likeness (QED) is 0.833. The van der Waals surface area contributed by atoms with Crippen LogP contribution in [-0.4, -0.2) is 37.9 Å². The van der Waals surface area contributed by atoms with E-state index in [2.05, 4.69) is 0 Å². The molecule has 1 atom stereocenters. The molecule has 0 N–H and O–H groups in total. The third kappa shape index (κ3) is 4.15. The molecule has 0 radical (unpaired) electrons. The van der Waals surface area contributed by atoms with Gasteiger partial charge in [0.15, 0.2) is 0 Å². The molecule has 4 nitrogen and oxygen atoms in total. The van der Waals surface area contributed by atoms with Gasteiger partial charge in [-0.05, 0) is 24.8 Å². The Hall–Kier alpha value is -1.20. The second-order valence-electron chi connectivity index (χ2n) is 5.41. The average Bonchev–Trinajstić information content (AvgIpc) is 2.45. The van der Waals surface area contributed by atoms with Crippen LogP contribution >= 0.6 is 0 Å². The number of nitrogens with zero attached hydrogens (tertiary/aromatic N) is 1. The Balaban J connectivity index is 1.89. The van der Waals surface area contributed by atoms with E-state index in [4.69, 9.17) is 0 Å². The zero-order valence-electron chi connectivity index (χ0n) is 11.8. The van der Waals surface area contributed by atoms with Crippen molar-refractivity contribution >= 4 is 15.8 Å². The molecule has 1 fully saturated rings. The molecule has 1 unspecified atom stereocenters. The summed E-state index contributed by atoms with van der Waals surface area (Å²) in [5, 5.41) is 0. The molecule has 1 saturated heterocycles. The van der Waals surface area contributed by atoms with Gasteiger partial charge in [-0.25, -0.2) is 12.7 Å². The molecule has 0 aliphatic carbocycles. The largest absolute Gasteiger partial charge is 0.299 e. The van der Waals surface area contributed by atoms with Crippen molar-refractivity contribution in [2.24, 2.45) is 5.92 Å². The number of hydrogen-bond donors (Lipinski definition) is 0. The average molecular weight is 295 g/mol. The summed E-state index contributed by atoms with van der Waals surface area (Å²) >= 11 is 0. The van der Waals surface area contributed by atoms with Crippen LogP contribution in [0.25, 0.3) is 0 Å². The summed E-state index contributed by atoms with van der Waals surface area (Å²) in [4.78, 5) is 12.2. The molecule has 110 valence electrons. The summed E-state index contributed by atoms with van der Waals surface area (Å²) < 4.78 is 24.5. The van der Waals surface area contributed by atoms with E-state index < -0.39 is 10.0 Å². The van der Waals surface area contributed by atoms with Gasteiger partial charge in [-0.15, -0.1) is 0 Å². The van der Waals surface area contributed by atoms with Crippen molar-refractivity contribution < 1.29 is 13.2 Å². The van der Waals surface area contributed by atoms with Gasteiger partial charge < -0.3 is 0 Å². The standard InChI is InChI=1S/C15H21NO3S/c1-20(18,19)16-11-5-8-14(12-16)15(17)10-9-13-6-3-2-4-7-13/h2-4,6-7,14H,5,8-12H2,1H3. The van der Waals surface area contributed by atoms with Crippen molar-refractivity contribution in [3.8, 4) is 0 Å². The summed E-state index contributed by atoms with van der Waals surface area (Å²) in [5.74, 6) is 0.0457. The van der Waals surface area contributed by atoms with Gasteiger partial charge in [-0.2, -0.15) is 0 Å². The monoisotopic (exact) mass is 295 g/mol. The van der Waals surface area contributed by atoms with E-state index in [0.29, 0.717) is 19.5 Å². The van der Waals surface area contributed by atoms with Gasteiger partial charge in [-0.3, -0.25) is 4.79 Å². The second kappa shape index (κ2) is 6.50. The van der Waals surface area contributed by atoms with E-state index in [1.807, 2.05) is 30.3 Å². The first kappa shape index (κ1) is 15.2. The Morgan fingerprint density at radius 2 is 2.00 bits per heavy atom. The van der Waals surface area contributed by atoms with Crippen molar-refractivity contribution in [1.29, 1.82) is 0 Å². The first-order valence-electron chi connectivity index (χ1n) is 6.98. The number of sulfonamides is 1. The molecular formula is C15H21NO3S. The molecule has 2 rings (SSSR count). The third-order valence-corrected chi connectivity index (χ3v) is 5.08. The van der Waals surface area contributed by atoms with Crippen LogP contribution in [0.3, 0.4) is 0 Å². The number of aryl methyl sites for hydroxylation is 1. The van der Waals surface area contributed by atoms with Crippen molar-refractivity contribution in [2.45, 2.75) is 25.7 Å². The fraction of sp³-hybridized carbons (Fsp3) is 0.533. The number of benzene rings is 1. The highest BCUT2D eigenvalue weighted by Gasteiger charge is 2.29. The maximum atomic E-state index is 12.2. The maximum Gasteiger partial charge on any atom is 0.211 e. The van der Waals surface area contributed by atoms with E-state index >= 15 is 0 Å². The van der Waals surface area contributed by atoms with Gasteiger partial charge in [0.1, 0.15) is 5.78 Å². The van der Waals surface area contributed by atoms with E-state index in [0.717, 1.165) is 24.8 Å². The highest BCUT2D eigenvalue weighted by atomic mass is 32.2. The molecule has 0 amide bonds. The Morgan fingerprint density at radius 1 is 1.30 bits per heavy atom. The minimum absolute atomic E-state index is 0.137. The number of rotatable bonds is 5. The van der Waals surface area contributed by atoms with E-state index in [9.17, 15) is 13.2 Å². The number of Topliss-reactive ketones (excluding diaryl/α,β-unsaturated/α-hetero) is 1. The Kier molecular flexibility index (Phi) is 4.94. The smallest absolute Gasteiger partial charge is 0.211 e. The van der Waals surface area contributed by atoms with Crippen LogP contribution in [0.5, 0.6) is 0 Å². The van der Waals surface area contributed by atoms with Gasteiger partial charge >= 0.3 is 0 Å². The summed E-state index contributed by atoms with van der Waals surface area (Å²) in [6, 6.07) is 9.90. The summed E-state index contributed by atoms with van der Waals surface area (Å²) in [5.41, 5.74) is 1.15. The lowest BCUT2D eigenvalue weighted by atomic mass is 9.91. The van der Waals surface area contributed by atoms with Gasteiger partial charge in [-0.1, -0.05) is 30.3 Å². The zero-order chi connectivity index (χ0) is 14.6. The predicted octanol–water partition coefficient (Wildman–Crippen LogP) is 1.86. The maximum absolute atomic E-state index is 12.2. The topological polar surface area (TPSA) is 54.5 Å². The van der Waals surface area contributed by atoms with Gasteiger partial charge in [0.05, 0.1) is 6.26 Å². The highest BCUT2D eigenvalue weighted by Crippen LogP contribution is 2.21. The SMILES string of the molecule is CS(=O)(=O)N1CCCC(C(=O)CCc2ccccc2)C1. The fourth-order valence-corrected chi connectivity index (χ4v) is 3.53. The van der Waals surface area contributed by atoms with E-state index in [1.165, 1.54) is 10.6 Å². The number of piperidine rings is 1. The normalized spacial score (nSPS) is 20.8. The van der Waals surface area contributed by atoms with Gasteiger partial charge in [0, 0.05) is 25.4 Å². The van der Waals surface area contributed by atoms with Gasteiger partial charge in [0.25, 0.3) is 0 Å². The number of hydrogen-bond acceptors (Lipinski definition) is 3. The van der Waals surface area contributed by atoms with Crippen LogP contribution in [0, 0.1) is 5.92 Å². The molecular weight excluding hydrogens is 274 g/mol. The van der Waals surface area contributed by atoms with Crippen molar-refractivity contribution in [2.75, 3.05) is 19.3 Å². The summed E-state index contributed by atoms with van der Waals surface area (Å²) in [6.45, 7) is 0.897. The minimum Gasteiger partial charge on any atom is -0.299 e. The first-order valence-corrected chi connectivity index (χ1v) is 8.83. The molecule has 1 aromatic rings. The molecule has 5 heteroatoms. The zero-order valence-corrected chi connectivity index (χ0v) is 12.6. The molecule has 0 saturated carbocycles. The van der Waals surface area contributed by atoms with Crippen LogP contribution in [0.4, 0.5) is 0 Å². The van der Waals surface area contributed by atoms with E-state index in [1.54, 1.807) is 0 Å². The van der Waals surface area contributed by atoms with Crippen LogP contribution in [-0.2, 0) is 21.2 Å². The molecule has 1 aromatic carbocycles. The molecule has 1 aliphatic heterocycles. The van der Waals surface area contributed by atoms with Crippen molar-refractivity contribution in [3.05, 3.63) is 35.9 Å².